The van der Waals surface area contributed by atoms with Gasteiger partial charge >= 0.3 is 0 Å². The summed E-state index contributed by atoms with van der Waals surface area (Å²) in [5.74, 6) is 2.22. The number of benzene rings is 1. The van der Waals surface area contributed by atoms with Gasteiger partial charge in [0.25, 0.3) is 0 Å². The molecule has 0 saturated carbocycles. The fraction of sp³-hybridized carbons (Fsp3) is 0.480. The van der Waals surface area contributed by atoms with Gasteiger partial charge in [0.2, 0.25) is 24.4 Å². The van der Waals surface area contributed by atoms with E-state index in [0.29, 0.717) is 23.7 Å². The Balaban J connectivity index is 1.60. The van der Waals surface area contributed by atoms with Crippen LogP contribution in [0.4, 0.5) is 0 Å². The van der Waals surface area contributed by atoms with Gasteiger partial charge in [-0.3, -0.25) is 9.59 Å². The smallest absolute Gasteiger partial charge is 0.247 e. The molecule has 0 saturated heterocycles. The lowest BCUT2D eigenvalue weighted by molar-refractivity contribution is -0.143. The molecule has 1 aliphatic heterocycles. The van der Waals surface area contributed by atoms with E-state index >= 15 is 0 Å². The molecular weight excluding hydrogens is 464 g/mol. The lowest BCUT2D eigenvalue weighted by atomic mass is 10.0. The Kier molecular flexibility index (Phi) is 7.27. The van der Waals surface area contributed by atoms with Gasteiger partial charge in [-0.15, -0.1) is 10.2 Å². The molecule has 3 heterocycles. The highest BCUT2D eigenvalue weighted by Gasteiger charge is 2.32. The summed E-state index contributed by atoms with van der Waals surface area (Å²) in [6.07, 6.45) is 1.22. The monoisotopic (exact) mass is 496 g/mol. The van der Waals surface area contributed by atoms with Crippen LogP contribution < -0.4 is 14.8 Å². The van der Waals surface area contributed by atoms with Crippen LogP contribution in [-0.2, 0) is 22.7 Å². The quantitative estimate of drug-likeness (QED) is 0.479. The van der Waals surface area contributed by atoms with Crippen LogP contribution in [-0.4, -0.2) is 55.3 Å². The number of carbonyl (C=O) groups is 2. The average molecular weight is 497 g/mol. The normalized spacial score (nSPS) is 13.5. The average Bonchev–Trinajstić information content (AvgIpc) is 3.55. The first-order valence-electron chi connectivity index (χ1n) is 12.0. The molecule has 2 amide bonds. The zero-order chi connectivity index (χ0) is 25.9. The molecule has 1 aliphatic rings. The van der Waals surface area contributed by atoms with Crippen molar-refractivity contribution in [2.24, 2.45) is 0 Å². The topological polar surface area (TPSA) is 125 Å². The number of aryl methyl sites for hydroxylation is 1. The fourth-order valence-electron chi connectivity index (χ4n) is 3.94. The highest BCUT2D eigenvalue weighted by atomic mass is 16.7. The molecule has 0 fully saturated rings. The molecule has 0 aliphatic carbocycles. The van der Waals surface area contributed by atoms with Gasteiger partial charge in [0.15, 0.2) is 17.3 Å². The number of rotatable bonds is 9. The number of hydrogen-bond donors (Lipinski definition) is 1. The van der Waals surface area contributed by atoms with Crippen molar-refractivity contribution in [1.82, 2.24) is 30.4 Å². The van der Waals surface area contributed by atoms with Gasteiger partial charge in [0.1, 0.15) is 18.3 Å². The SMILES string of the molecule is CCCC(C(=O)NC(C)(C)C)N(Cc1ccc2c(c1)OCO2)C(=O)Cn1nnc(-c2ccc(C)o2)n1. The van der Waals surface area contributed by atoms with Gasteiger partial charge in [0.05, 0.1) is 0 Å². The Labute approximate surface area is 209 Å². The molecule has 1 aromatic carbocycles. The van der Waals surface area contributed by atoms with Gasteiger partial charge < -0.3 is 24.1 Å². The van der Waals surface area contributed by atoms with E-state index in [4.69, 9.17) is 13.9 Å². The highest BCUT2D eigenvalue weighted by molar-refractivity contribution is 5.88. The van der Waals surface area contributed by atoms with Crippen LogP contribution >= 0.6 is 0 Å². The summed E-state index contributed by atoms with van der Waals surface area (Å²) in [6, 6.07) is 8.38. The lowest BCUT2D eigenvalue weighted by Gasteiger charge is -2.33. The number of nitrogens with zero attached hydrogens (tertiary/aromatic N) is 5. The minimum absolute atomic E-state index is 0.156. The molecule has 11 heteroatoms. The lowest BCUT2D eigenvalue weighted by Crippen LogP contribution is -2.54. The predicted octanol–water partition coefficient (Wildman–Crippen LogP) is 3.08. The van der Waals surface area contributed by atoms with Crippen LogP contribution in [0.3, 0.4) is 0 Å². The minimum Gasteiger partial charge on any atom is -0.458 e. The molecule has 3 aromatic rings. The first kappa shape index (κ1) is 25.2. The van der Waals surface area contributed by atoms with E-state index in [2.05, 4.69) is 20.7 Å². The second-order valence-electron chi connectivity index (χ2n) is 9.81. The van der Waals surface area contributed by atoms with Gasteiger partial charge in [-0.25, -0.2) is 0 Å². The van der Waals surface area contributed by atoms with E-state index in [1.165, 1.54) is 4.80 Å². The van der Waals surface area contributed by atoms with Crippen molar-refractivity contribution < 1.29 is 23.5 Å². The van der Waals surface area contributed by atoms with Crippen LogP contribution in [0.15, 0.2) is 34.7 Å². The summed E-state index contributed by atoms with van der Waals surface area (Å²) < 4.78 is 16.5. The highest BCUT2D eigenvalue weighted by Crippen LogP contribution is 2.33. The molecule has 11 nitrogen and oxygen atoms in total. The number of carbonyl (C=O) groups excluding carboxylic acids is 2. The van der Waals surface area contributed by atoms with Crippen molar-refractivity contribution in [3.8, 4) is 23.1 Å². The maximum atomic E-state index is 13.6. The standard InChI is InChI=1S/C25H32N6O5/c1-6-7-18(24(33)26-25(3,4)5)30(13-17-9-11-19-21(12-17)35-15-34-19)22(32)14-31-28-23(27-29-31)20-10-8-16(2)36-20/h8-12,18H,6-7,13-15H2,1-5H3,(H,26,33). The summed E-state index contributed by atoms with van der Waals surface area (Å²) in [7, 11) is 0. The fourth-order valence-corrected chi connectivity index (χ4v) is 3.94. The molecule has 2 aromatic heterocycles. The van der Waals surface area contributed by atoms with Crippen molar-refractivity contribution >= 4 is 11.8 Å². The Morgan fingerprint density at radius 1 is 1.17 bits per heavy atom. The first-order valence-corrected chi connectivity index (χ1v) is 12.0. The van der Waals surface area contributed by atoms with Crippen LogP contribution in [0.1, 0.15) is 51.9 Å². The summed E-state index contributed by atoms with van der Waals surface area (Å²) in [5, 5.41) is 15.3. The maximum Gasteiger partial charge on any atom is 0.247 e. The number of hydrogen-bond acceptors (Lipinski definition) is 8. The van der Waals surface area contributed by atoms with Crippen molar-refractivity contribution in [1.29, 1.82) is 0 Å². The van der Waals surface area contributed by atoms with Crippen LogP contribution in [0.2, 0.25) is 0 Å². The number of amides is 2. The van der Waals surface area contributed by atoms with Crippen molar-refractivity contribution in [3.63, 3.8) is 0 Å². The van der Waals surface area contributed by atoms with Crippen LogP contribution in [0.25, 0.3) is 11.6 Å². The molecule has 1 atom stereocenters. The van der Waals surface area contributed by atoms with Gasteiger partial charge in [-0.05, 0) is 69.2 Å². The molecule has 192 valence electrons. The zero-order valence-corrected chi connectivity index (χ0v) is 21.3. The van der Waals surface area contributed by atoms with E-state index in [1.54, 1.807) is 23.1 Å². The largest absolute Gasteiger partial charge is 0.458 e. The Bertz CT molecular complexity index is 1230. The number of ether oxygens (including phenoxy) is 2. The van der Waals surface area contributed by atoms with Gasteiger partial charge in [-0.2, -0.15) is 4.80 Å². The molecular formula is C25H32N6O5. The Morgan fingerprint density at radius 3 is 2.64 bits per heavy atom. The number of tetrazole rings is 1. The molecule has 36 heavy (non-hydrogen) atoms. The third-order valence-electron chi connectivity index (χ3n) is 5.54. The van der Waals surface area contributed by atoms with Crippen molar-refractivity contribution in [2.75, 3.05) is 6.79 Å². The Morgan fingerprint density at radius 2 is 1.94 bits per heavy atom. The van der Waals surface area contributed by atoms with E-state index in [1.807, 2.05) is 46.8 Å². The number of fused-ring (bicyclic) bond motifs is 1. The first-order chi connectivity index (χ1) is 17.1. The van der Waals surface area contributed by atoms with Crippen LogP contribution in [0, 0.1) is 6.92 Å². The summed E-state index contributed by atoms with van der Waals surface area (Å²) in [4.78, 5) is 29.7. The summed E-state index contributed by atoms with van der Waals surface area (Å²) in [6.45, 7) is 9.72. The van der Waals surface area contributed by atoms with Crippen molar-refractivity contribution in [3.05, 3.63) is 41.7 Å². The second kappa shape index (κ2) is 10.4. The van der Waals surface area contributed by atoms with E-state index < -0.39 is 11.6 Å². The molecule has 4 rings (SSSR count). The number of nitrogens with one attached hydrogen (secondary N) is 1. The Hall–Kier alpha value is -3.89. The maximum absolute atomic E-state index is 13.6. The minimum atomic E-state index is -0.678. The van der Waals surface area contributed by atoms with E-state index in [9.17, 15) is 9.59 Å². The molecule has 0 spiro atoms. The molecule has 0 radical (unpaired) electrons. The molecule has 0 bridgehead atoms. The summed E-state index contributed by atoms with van der Waals surface area (Å²) in [5.41, 5.74) is 0.371. The van der Waals surface area contributed by atoms with E-state index in [-0.39, 0.29) is 37.5 Å². The summed E-state index contributed by atoms with van der Waals surface area (Å²) >= 11 is 0. The third-order valence-corrected chi connectivity index (χ3v) is 5.54. The van der Waals surface area contributed by atoms with Gasteiger partial charge in [-0.1, -0.05) is 19.4 Å². The van der Waals surface area contributed by atoms with Crippen LogP contribution in [0.5, 0.6) is 11.5 Å². The molecule has 1 unspecified atom stereocenters. The number of furan rings is 1. The zero-order valence-electron chi connectivity index (χ0n) is 21.3. The van der Waals surface area contributed by atoms with Gasteiger partial charge in [0, 0.05) is 12.1 Å². The second-order valence-corrected chi connectivity index (χ2v) is 9.81. The number of aromatic nitrogens is 4. The third kappa shape index (κ3) is 6.02. The van der Waals surface area contributed by atoms with E-state index in [0.717, 1.165) is 17.7 Å². The molecule has 1 N–H and O–H groups in total. The van der Waals surface area contributed by atoms with Crippen molar-refractivity contribution in [2.45, 2.75) is 72.1 Å². The predicted molar refractivity (Wildman–Crippen MR) is 130 cm³/mol.